The molecule has 0 spiro atoms. The lowest BCUT2D eigenvalue weighted by molar-refractivity contribution is 1.32. The van der Waals surface area contributed by atoms with Crippen molar-refractivity contribution < 1.29 is 0 Å². The van der Waals surface area contributed by atoms with Crippen LogP contribution in [-0.2, 0) is 0 Å². The summed E-state index contributed by atoms with van der Waals surface area (Å²) < 4.78 is 2.53. The summed E-state index contributed by atoms with van der Waals surface area (Å²) in [4.78, 5) is 0. The van der Waals surface area contributed by atoms with Gasteiger partial charge in [0.15, 0.2) is 8.24 Å². The van der Waals surface area contributed by atoms with Gasteiger partial charge in [-0.2, -0.15) is 0 Å². The van der Waals surface area contributed by atoms with Crippen molar-refractivity contribution in [2.24, 2.45) is 0 Å². The first-order chi connectivity index (χ1) is 9.54. The molecule has 0 heterocycles. The van der Waals surface area contributed by atoms with Gasteiger partial charge < -0.3 is 4.57 Å². The number of hydrogen-bond donors (Lipinski definition) is 0. The maximum atomic E-state index is 2.53. The minimum Gasteiger partial charge on any atom is -0.369 e. The third kappa shape index (κ3) is 3.20. The average molecular weight is 281 g/mol. The van der Waals surface area contributed by atoms with Crippen molar-refractivity contribution in [3.8, 4) is 0 Å². The van der Waals surface area contributed by atoms with E-state index in [1.165, 1.54) is 16.9 Å². The van der Waals surface area contributed by atoms with E-state index in [0.717, 1.165) is 0 Å². The summed E-state index contributed by atoms with van der Waals surface area (Å²) >= 11 is 0. The van der Waals surface area contributed by atoms with Crippen LogP contribution in [0.15, 0.2) is 66.7 Å². The Balaban J connectivity index is 2.52. The highest BCUT2D eigenvalue weighted by Gasteiger charge is 2.27. The van der Waals surface area contributed by atoms with Crippen LogP contribution in [0.2, 0.25) is 19.6 Å². The normalized spacial score (nSPS) is 12.3. The molecule has 2 rings (SSSR count). The quantitative estimate of drug-likeness (QED) is 0.679. The summed E-state index contributed by atoms with van der Waals surface area (Å²) in [5, 5.41) is 0. The number of allylic oxidation sites excluding steroid dienone is 1. The SMILES string of the molecule is C/C=C(\c1ccccc1)N(c1ccccc1)[Si](C)(C)C. The number of nitrogens with zero attached hydrogens (tertiary/aromatic N) is 1. The van der Waals surface area contributed by atoms with Gasteiger partial charge >= 0.3 is 0 Å². The molecule has 0 aliphatic heterocycles. The highest BCUT2D eigenvalue weighted by molar-refractivity contribution is 6.81. The smallest absolute Gasteiger partial charge is 0.153 e. The Hall–Kier alpha value is -1.80. The third-order valence-electron chi connectivity index (χ3n) is 3.27. The molecule has 2 heteroatoms. The van der Waals surface area contributed by atoms with Gasteiger partial charge in [-0.05, 0) is 24.6 Å². The number of para-hydroxylation sites is 1. The van der Waals surface area contributed by atoms with E-state index < -0.39 is 8.24 Å². The topological polar surface area (TPSA) is 3.24 Å². The number of anilines is 1. The van der Waals surface area contributed by atoms with Crippen molar-refractivity contribution in [1.82, 2.24) is 0 Å². The monoisotopic (exact) mass is 281 g/mol. The fraction of sp³-hybridized carbons (Fsp3) is 0.222. The molecule has 0 fully saturated rings. The van der Waals surface area contributed by atoms with Crippen molar-refractivity contribution in [2.45, 2.75) is 26.6 Å². The fourth-order valence-electron chi connectivity index (χ4n) is 2.50. The van der Waals surface area contributed by atoms with E-state index in [0.29, 0.717) is 0 Å². The Morgan fingerprint density at radius 3 is 1.80 bits per heavy atom. The zero-order valence-electron chi connectivity index (χ0n) is 12.8. The molecule has 0 unspecified atom stereocenters. The molecule has 0 bridgehead atoms. The van der Waals surface area contributed by atoms with Crippen LogP contribution in [0.1, 0.15) is 12.5 Å². The maximum absolute atomic E-state index is 2.53. The van der Waals surface area contributed by atoms with Gasteiger partial charge in [-0.15, -0.1) is 0 Å². The van der Waals surface area contributed by atoms with Gasteiger partial charge in [-0.1, -0.05) is 74.2 Å². The lowest BCUT2D eigenvalue weighted by atomic mass is 10.1. The lowest BCUT2D eigenvalue weighted by Crippen LogP contribution is -2.44. The predicted molar refractivity (Wildman–Crippen MR) is 92.4 cm³/mol. The zero-order valence-corrected chi connectivity index (χ0v) is 13.8. The molecule has 0 radical (unpaired) electrons. The van der Waals surface area contributed by atoms with E-state index in [4.69, 9.17) is 0 Å². The maximum Gasteiger partial charge on any atom is 0.153 e. The Labute approximate surface area is 123 Å². The van der Waals surface area contributed by atoms with E-state index in [9.17, 15) is 0 Å². The van der Waals surface area contributed by atoms with Crippen LogP contribution >= 0.6 is 0 Å². The largest absolute Gasteiger partial charge is 0.369 e. The fourth-order valence-corrected chi connectivity index (χ4v) is 4.40. The average Bonchev–Trinajstić information content (AvgIpc) is 2.45. The van der Waals surface area contributed by atoms with Gasteiger partial charge in [-0.25, -0.2) is 0 Å². The van der Waals surface area contributed by atoms with Crippen molar-refractivity contribution in [3.63, 3.8) is 0 Å². The summed E-state index contributed by atoms with van der Waals surface area (Å²) in [5.41, 5.74) is 3.86. The number of benzene rings is 2. The van der Waals surface area contributed by atoms with Crippen LogP contribution < -0.4 is 4.57 Å². The van der Waals surface area contributed by atoms with Crippen molar-refractivity contribution >= 4 is 19.6 Å². The Morgan fingerprint density at radius 2 is 1.35 bits per heavy atom. The summed E-state index contributed by atoms with van der Waals surface area (Å²) in [5.74, 6) is 0. The molecular formula is C18H23NSi. The van der Waals surface area contributed by atoms with Crippen molar-refractivity contribution in [2.75, 3.05) is 4.57 Å². The second kappa shape index (κ2) is 6.10. The van der Waals surface area contributed by atoms with Crippen LogP contribution in [0.5, 0.6) is 0 Å². The molecule has 0 atom stereocenters. The highest BCUT2D eigenvalue weighted by Crippen LogP contribution is 2.31. The second-order valence-electron chi connectivity index (χ2n) is 5.88. The minimum atomic E-state index is -1.53. The molecule has 1 nitrogen and oxygen atoms in total. The first-order valence-corrected chi connectivity index (χ1v) is 10.6. The Bertz CT molecular complexity index is 567. The van der Waals surface area contributed by atoms with Gasteiger partial charge in [0.1, 0.15) is 0 Å². The molecular weight excluding hydrogens is 258 g/mol. The summed E-state index contributed by atoms with van der Waals surface area (Å²) in [7, 11) is -1.53. The summed E-state index contributed by atoms with van der Waals surface area (Å²) in [6, 6.07) is 21.3. The molecule has 0 saturated heterocycles. The standard InChI is InChI=1S/C18H23NSi/c1-5-18(16-12-8-6-9-13-16)19(20(2,3)4)17-14-10-7-11-15-17/h5-15H,1-4H3/b18-5+. The van der Waals surface area contributed by atoms with E-state index >= 15 is 0 Å². The van der Waals surface area contributed by atoms with Gasteiger partial charge in [0.25, 0.3) is 0 Å². The minimum absolute atomic E-state index is 1.28. The summed E-state index contributed by atoms with van der Waals surface area (Å²) in [6.45, 7) is 9.27. The van der Waals surface area contributed by atoms with Crippen LogP contribution in [0, 0.1) is 0 Å². The van der Waals surface area contributed by atoms with E-state index in [1.807, 2.05) is 0 Å². The Kier molecular flexibility index (Phi) is 4.45. The lowest BCUT2D eigenvalue weighted by Gasteiger charge is -2.38. The zero-order chi connectivity index (χ0) is 14.6. The third-order valence-corrected chi connectivity index (χ3v) is 5.11. The van der Waals surface area contributed by atoms with E-state index in [1.54, 1.807) is 0 Å². The van der Waals surface area contributed by atoms with Crippen molar-refractivity contribution in [1.29, 1.82) is 0 Å². The van der Waals surface area contributed by atoms with Gasteiger partial charge in [0.05, 0.1) is 0 Å². The van der Waals surface area contributed by atoms with Crippen LogP contribution in [-0.4, -0.2) is 8.24 Å². The molecule has 0 aromatic heterocycles. The molecule has 0 N–H and O–H groups in total. The number of rotatable bonds is 4. The van der Waals surface area contributed by atoms with Gasteiger partial charge in [-0.3, -0.25) is 0 Å². The molecule has 0 aliphatic carbocycles. The molecule has 0 saturated carbocycles. The molecule has 0 amide bonds. The molecule has 20 heavy (non-hydrogen) atoms. The first kappa shape index (κ1) is 14.6. The first-order valence-electron chi connectivity index (χ1n) is 7.11. The van der Waals surface area contributed by atoms with Crippen molar-refractivity contribution in [3.05, 3.63) is 72.3 Å². The van der Waals surface area contributed by atoms with E-state index in [-0.39, 0.29) is 0 Å². The second-order valence-corrected chi connectivity index (χ2v) is 10.7. The highest BCUT2D eigenvalue weighted by atomic mass is 28.3. The van der Waals surface area contributed by atoms with Gasteiger partial charge in [0, 0.05) is 11.4 Å². The predicted octanol–water partition coefficient (Wildman–Crippen LogP) is 5.39. The molecule has 2 aromatic carbocycles. The summed E-state index contributed by atoms with van der Waals surface area (Å²) in [6.07, 6.45) is 2.22. The molecule has 0 aliphatic rings. The van der Waals surface area contributed by atoms with Crippen LogP contribution in [0.3, 0.4) is 0 Å². The van der Waals surface area contributed by atoms with Crippen LogP contribution in [0.4, 0.5) is 5.69 Å². The molecule has 104 valence electrons. The molecule has 2 aromatic rings. The van der Waals surface area contributed by atoms with Gasteiger partial charge in [0.2, 0.25) is 0 Å². The number of hydrogen-bond acceptors (Lipinski definition) is 1. The Morgan fingerprint density at radius 1 is 0.850 bits per heavy atom. The van der Waals surface area contributed by atoms with Crippen LogP contribution in [0.25, 0.3) is 5.70 Å². The van der Waals surface area contributed by atoms with E-state index in [2.05, 4.69) is 97.9 Å².